The van der Waals surface area contributed by atoms with Gasteiger partial charge in [-0.15, -0.1) is 11.8 Å². The van der Waals surface area contributed by atoms with Crippen LogP contribution >= 0.6 is 11.8 Å². The maximum absolute atomic E-state index is 11.4. The van der Waals surface area contributed by atoms with E-state index < -0.39 is 10.7 Å². The zero-order valence-corrected chi connectivity index (χ0v) is 11.7. The molecule has 3 heteroatoms. The Bertz CT molecular complexity index is 249. The summed E-state index contributed by atoms with van der Waals surface area (Å²) >= 11 is 1.66. The molecule has 1 aliphatic carbocycles. The van der Waals surface area contributed by atoms with Crippen molar-refractivity contribution >= 4 is 17.7 Å². The van der Waals surface area contributed by atoms with Gasteiger partial charge >= 0.3 is 5.97 Å². The molecule has 1 fully saturated rings. The minimum Gasteiger partial charge on any atom is -0.480 e. The van der Waals surface area contributed by atoms with E-state index in [4.69, 9.17) is 0 Å². The van der Waals surface area contributed by atoms with Crippen LogP contribution in [0.25, 0.3) is 0 Å². The van der Waals surface area contributed by atoms with Crippen LogP contribution in [0.3, 0.4) is 0 Å². The van der Waals surface area contributed by atoms with Gasteiger partial charge in [0.25, 0.3) is 0 Å². The summed E-state index contributed by atoms with van der Waals surface area (Å²) in [6.45, 7) is 8.66. The number of aliphatic carboxylic acids is 1. The summed E-state index contributed by atoms with van der Waals surface area (Å²) in [6.07, 6.45) is 3.95. The molecule has 1 saturated carbocycles. The van der Waals surface area contributed by atoms with Gasteiger partial charge in [-0.25, -0.2) is 0 Å². The molecular formula is C13H24O2S. The molecule has 0 amide bonds. The van der Waals surface area contributed by atoms with Crippen molar-refractivity contribution < 1.29 is 9.90 Å². The Kier molecular flexibility index (Phi) is 4.33. The zero-order valence-electron chi connectivity index (χ0n) is 10.9. The summed E-state index contributed by atoms with van der Waals surface area (Å²) in [5, 5.41) is 9.40. The fourth-order valence-corrected chi connectivity index (χ4v) is 4.14. The number of carbonyl (C=O) groups is 1. The molecular weight excluding hydrogens is 220 g/mol. The molecule has 0 saturated heterocycles. The summed E-state index contributed by atoms with van der Waals surface area (Å²) in [4.78, 5) is 11.4. The van der Waals surface area contributed by atoms with Crippen LogP contribution in [0.2, 0.25) is 0 Å². The highest BCUT2D eigenvalue weighted by Gasteiger charge is 2.57. The highest BCUT2D eigenvalue weighted by Crippen LogP contribution is 2.59. The number of hydrogen-bond acceptors (Lipinski definition) is 2. The van der Waals surface area contributed by atoms with Gasteiger partial charge in [-0.3, -0.25) is 4.79 Å². The van der Waals surface area contributed by atoms with Crippen LogP contribution in [-0.4, -0.2) is 21.6 Å². The van der Waals surface area contributed by atoms with E-state index in [0.717, 1.165) is 31.4 Å². The van der Waals surface area contributed by atoms with Gasteiger partial charge < -0.3 is 5.11 Å². The third-order valence-electron chi connectivity index (χ3n) is 3.90. The maximum Gasteiger partial charge on any atom is 0.319 e. The van der Waals surface area contributed by atoms with E-state index in [0.29, 0.717) is 11.3 Å². The van der Waals surface area contributed by atoms with Crippen LogP contribution in [0.1, 0.15) is 53.4 Å². The molecule has 1 N–H and O–H groups in total. The van der Waals surface area contributed by atoms with E-state index in [9.17, 15) is 9.90 Å². The molecule has 0 bridgehead atoms. The molecule has 0 radical (unpaired) electrons. The number of carboxylic acid groups (broad SMARTS) is 1. The maximum atomic E-state index is 11.4. The van der Waals surface area contributed by atoms with Crippen molar-refractivity contribution in [2.75, 3.05) is 5.75 Å². The van der Waals surface area contributed by atoms with Gasteiger partial charge in [-0.1, -0.05) is 40.5 Å². The Hall–Kier alpha value is -0.180. The quantitative estimate of drug-likeness (QED) is 0.772. The predicted octanol–water partition coefficient (Wildman–Crippen LogP) is 3.80. The van der Waals surface area contributed by atoms with Gasteiger partial charge in [0.1, 0.15) is 4.75 Å². The molecule has 0 heterocycles. The van der Waals surface area contributed by atoms with Crippen molar-refractivity contribution in [3.8, 4) is 0 Å². The van der Waals surface area contributed by atoms with Crippen LogP contribution < -0.4 is 0 Å². The molecule has 0 unspecified atom stereocenters. The fourth-order valence-electron chi connectivity index (χ4n) is 2.55. The minimum absolute atomic E-state index is 0.308. The number of hydrogen-bond donors (Lipinski definition) is 1. The summed E-state index contributed by atoms with van der Waals surface area (Å²) < 4.78 is -0.476. The summed E-state index contributed by atoms with van der Waals surface area (Å²) in [5.74, 6) is 0.922. The van der Waals surface area contributed by atoms with Crippen molar-refractivity contribution in [1.29, 1.82) is 0 Å². The lowest BCUT2D eigenvalue weighted by molar-refractivity contribution is -0.147. The highest BCUT2D eigenvalue weighted by molar-refractivity contribution is 8.01. The van der Waals surface area contributed by atoms with Gasteiger partial charge in [0, 0.05) is 0 Å². The number of rotatable bonds is 6. The van der Waals surface area contributed by atoms with E-state index in [2.05, 4.69) is 27.7 Å². The second-order valence-electron chi connectivity index (χ2n) is 5.56. The Morgan fingerprint density at radius 3 is 2.12 bits per heavy atom. The molecule has 1 rings (SSSR count). The lowest BCUT2D eigenvalue weighted by Crippen LogP contribution is -2.54. The van der Waals surface area contributed by atoms with Crippen LogP contribution in [0.4, 0.5) is 0 Å². The van der Waals surface area contributed by atoms with Crippen LogP contribution in [0, 0.1) is 11.3 Å². The summed E-state index contributed by atoms with van der Waals surface area (Å²) in [7, 11) is 0. The van der Waals surface area contributed by atoms with Gasteiger partial charge in [0.05, 0.1) is 0 Å². The Morgan fingerprint density at radius 2 is 1.81 bits per heavy atom. The first-order valence-corrected chi connectivity index (χ1v) is 7.25. The summed E-state index contributed by atoms with van der Waals surface area (Å²) in [5.41, 5.74) is 0.308. The monoisotopic (exact) mass is 244 g/mol. The largest absolute Gasteiger partial charge is 0.480 e. The molecule has 0 aromatic heterocycles. The van der Waals surface area contributed by atoms with E-state index in [1.165, 1.54) is 0 Å². The first-order chi connectivity index (χ1) is 7.40. The van der Waals surface area contributed by atoms with E-state index in [1.807, 2.05) is 0 Å². The highest BCUT2D eigenvalue weighted by atomic mass is 32.2. The van der Waals surface area contributed by atoms with Crippen molar-refractivity contribution in [1.82, 2.24) is 0 Å². The SMILES string of the molecule is CCC1(CC)CC(SCC(C)C)(C(=O)O)C1. The summed E-state index contributed by atoms with van der Waals surface area (Å²) in [6, 6.07) is 0. The lowest BCUT2D eigenvalue weighted by atomic mass is 9.58. The Balaban J connectivity index is 2.63. The van der Waals surface area contributed by atoms with Crippen molar-refractivity contribution in [2.45, 2.75) is 58.1 Å². The van der Waals surface area contributed by atoms with Crippen LogP contribution in [0.15, 0.2) is 0 Å². The standard InChI is InChI=1S/C13H24O2S/c1-5-12(6-2)8-13(9-12,11(14)15)16-7-10(3)4/h10H,5-9H2,1-4H3,(H,14,15). The van der Waals surface area contributed by atoms with Crippen molar-refractivity contribution in [2.24, 2.45) is 11.3 Å². The molecule has 16 heavy (non-hydrogen) atoms. The number of carboxylic acids is 1. The first-order valence-electron chi connectivity index (χ1n) is 6.27. The molecule has 0 atom stereocenters. The zero-order chi connectivity index (χ0) is 12.4. The predicted molar refractivity (Wildman–Crippen MR) is 69.9 cm³/mol. The van der Waals surface area contributed by atoms with Crippen molar-refractivity contribution in [3.05, 3.63) is 0 Å². The fraction of sp³-hybridized carbons (Fsp3) is 0.923. The van der Waals surface area contributed by atoms with Gasteiger partial charge in [-0.2, -0.15) is 0 Å². The van der Waals surface area contributed by atoms with Gasteiger partial charge in [0.15, 0.2) is 0 Å². The van der Waals surface area contributed by atoms with E-state index in [-0.39, 0.29) is 0 Å². The molecule has 0 aromatic rings. The number of thioether (sulfide) groups is 1. The first kappa shape index (κ1) is 13.9. The lowest BCUT2D eigenvalue weighted by Gasteiger charge is -2.53. The topological polar surface area (TPSA) is 37.3 Å². The molecule has 1 aliphatic rings. The molecule has 2 nitrogen and oxygen atoms in total. The smallest absolute Gasteiger partial charge is 0.319 e. The second kappa shape index (κ2) is 4.99. The van der Waals surface area contributed by atoms with Crippen LogP contribution in [0.5, 0.6) is 0 Å². The average Bonchev–Trinajstić information content (AvgIpc) is 2.16. The van der Waals surface area contributed by atoms with E-state index in [1.54, 1.807) is 11.8 Å². The Labute approximate surface area is 103 Å². The minimum atomic E-state index is -0.601. The van der Waals surface area contributed by atoms with Gasteiger partial charge in [0.2, 0.25) is 0 Å². The molecule has 0 aliphatic heterocycles. The van der Waals surface area contributed by atoms with Crippen LogP contribution in [-0.2, 0) is 4.79 Å². The van der Waals surface area contributed by atoms with Gasteiger partial charge in [-0.05, 0) is 29.9 Å². The molecule has 0 aromatic carbocycles. The molecule has 0 spiro atoms. The average molecular weight is 244 g/mol. The third-order valence-corrected chi connectivity index (χ3v) is 5.75. The Morgan fingerprint density at radius 1 is 1.31 bits per heavy atom. The van der Waals surface area contributed by atoms with E-state index >= 15 is 0 Å². The third kappa shape index (κ3) is 2.55. The van der Waals surface area contributed by atoms with Crippen molar-refractivity contribution in [3.63, 3.8) is 0 Å². The normalized spacial score (nSPS) is 21.8. The second-order valence-corrected chi connectivity index (χ2v) is 6.97. The molecule has 94 valence electrons.